The Labute approximate surface area is 97.3 Å². The Morgan fingerprint density at radius 2 is 2.41 bits per heavy atom. The highest BCUT2D eigenvalue weighted by molar-refractivity contribution is 5.95. The average molecular weight is 237 g/mol. The zero-order valence-corrected chi connectivity index (χ0v) is 9.17. The zero-order valence-electron chi connectivity index (χ0n) is 9.17. The predicted molar refractivity (Wildman–Crippen MR) is 58.0 cm³/mol. The van der Waals surface area contributed by atoms with Gasteiger partial charge in [-0.25, -0.2) is 14.6 Å². The molecule has 1 aliphatic heterocycles. The van der Waals surface area contributed by atoms with Crippen LogP contribution in [0.2, 0.25) is 0 Å². The van der Waals surface area contributed by atoms with Crippen molar-refractivity contribution in [3.05, 3.63) is 18.3 Å². The summed E-state index contributed by atoms with van der Waals surface area (Å²) in [6.45, 7) is 0.626. The van der Waals surface area contributed by atoms with Crippen LogP contribution in [0.3, 0.4) is 0 Å². The molecule has 0 bridgehead atoms. The minimum Gasteiger partial charge on any atom is -0.474 e. The van der Waals surface area contributed by atoms with E-state index in [4.69, 9.17) is 4.74 Å². The number of fused-ring (bicyclic) bond motifs is 1. The van der Waals surface area contributed by atoms with Crippen molar-refractivity contribution in [1.29, 1.82) is 0 Å². The summed E-state index contributed by atoms with van der Waals surface area (Å²) in [5.41, 5.74) is 0.493. The molecule has 17 heavy (non-hydrogen) atoms. The summed E-state index contributed by atoms with van der Waals surface area (Å²) in [7, 11) is 1.38. The molecule has 1 aromatic rings. The van der Waals surface area contributed by atoms with E-state index in [2.05, 4.69) is 15.0 Å². The van der Waals surface area contributed by atoms with Crippen LogP contribution in [0.4, 0.5) is 15.3 Å². The number of amides is 2. The van der Waals surface area contributed by atoms with Gasteiger partial charge in [-0.1, -0.05) is 0 Å². The minimum absolute atomic E-state index is 0.312. The summed E-state index contributed by atoms with van der Waals surface area (Å²) >= 11 is 0. The third-order valence-electron chi connectivity index (χ3n) is 2.20. The number of anilines is 1. The normalized spacial score (nSPS) is 13.4. The number of rotatable bonds is 0. The first-order valence-corrected chi connectivity index (χ1v) is 5.01. The van der Waals surface area contributed by atoms with Gasteiger partial charge in [0.15, 0.2) is 0 Å². The quantitative estimate of drug-likeness (QED) is 0.673. The lowest BCUT2D eigenvalue weighted by molar-refractivity contribution is 0.154. The molecule has 0 aliphatic carbocycles. The summed E-state index contributed by atoms with van der Waals surface area (Å²) in [6.07, 6.45) is 0.0145. The van der Waals surface area contributed by atoms with Crippen LogP contribution in [-0.4, -0.2) is 37.4 Å². The zero-order chi connectivity index (χ0) is 12.3. The van der Waals surface area contributed by atoms with Gasteiger partial charge in [-0.3, -0.25) is 4.90 Å². The van der Waals surface area contributed by atoms with Crippen molar-refractivity contribution in [3.63, 3.8) is 0 Å². The van der Waals surface area contributed by atoms with Gasteiger partial charge < -0.3 is 14.8 Å². The molecule has 0 spiro atoms. The van der Waals surface area contributed by atoms with Crippen LogP contribution in [0.1, 0.15) is 0 Å². The molecule has 2 rings (SSSR count). The van der Waals surface area contributed by atoms with Crippen LogP contribution < -0.4 is 15.0 Å². The third-order valence-corrected chi connectivity index (χ3v) is 2.20. The number of nitrogens with zero attached hydrogens (tertiary/aromatic N) is 2. The van der Waals surface area contributed by atoms with Gasteiger partial charge in [0.1, 0.15) is 12.3 Å². The SMILES string of the molecule is CNC(=O)OC(=O)N1CCOc2ncccc21. The second-order valence-corrected chi connectivity index (χ2v) is 3.23. The van der Waals surface area contributed by atoms with Crippen LogP contribution in [0.25, 0.3) is 0 Å². The number of alkyl carbamates (subject to hydrolysis) is 1. The Bertz CT molecular complexity index is 449. The smallest absolute Gasteiger partial charge is 0.423 e. The van der Waals surface area contributed by atoms with Gasteiger partial charge in [0.2, 0.25) is 5.88 Å². The van der Waals surface area contributed by atoms with Crippen LogP contribution >= 0.6 is 0 Å². The van der Waals surface area contributed by atoms with E-state index in [1.54, 1.807) is 18.3 Å². The maximum Gasteiger partial charge on any atom is 0.423 e. The first-order valence-electron chi connectivity index (χ1n) is 5.01. The molecule has 7 nitrogen and oxygen atoms in total. The van der Waals surface area contributed by atoms with Crippen molar-refractivity contribution in [2.75, 3.05) is 25.1 Å². The van der Waals surface area contributed by atoms with Gasteiger partial charge in [0.05, 0.1) is 6.54 Å². The number of carbonyl (C=O) groups excluding carboxylic acids is 2. The number of aromatic nitrogens is 1. The molecule has 2 heterocycles. The fraction of sp³-hybridized carbons (Fsp3) is 0.300. The summed E-state index contributed by atoms with van der Waals surface area (Å²) in [4.78, 5) is 27.9. The molecular formula is C10H11N3O4. The summed E-state index contributed by atoms with van der Waals surface area (Å²) in [5, 5.41) is 2.20. The molecule has 0 saturated carbocycles. The van der Waals surface area contributed by atoms with Gasteiger partial charge in [0.25, 0.3) is 0 Å². The Hall–Kier alpha value is -2.31. The van der Waals surface area contributed by atoms with Gasteiger partial charge >= 0.3 is 12.2 Å². The largest absolute Gasteiger partial charge is 0.474 e. The summed E-state index contributed by atoms with van der Waals surface area (Å²) in [5.74, 6) is 0.354. The Balaban J connectivity index is 2.18. The van der Waals surface area contributed by atoms with Crippen LogP contribution in [0.15, 0.2) is 18.3 Å². The van der Waals surface area contributed by atoms with Gasteiger partial charge in [-0.05, 0) is 12.1 Å². The van der Waals surface area contributed by atoms with Crippen molar-refractivity contribution in [3.8, 4) is 5.88 Å². The lowest BCUT2D eigenvalue weighted by Crippen LogP contribution is -2.40. The third kappa shape index (κ3) is 2.27. The van der Waals surface area contributed by atoms with Gasteiger partial charge in [-0.15, -0.1) is 0 Å². The Kier molecular flexibility index (Phi) is 3.08. The Morgan fingerprint density at radius 3 is 3.18 bits per heavy atom. The fourth-order valence-electron chi connectivity index (χ4n) is 1.43. The number of nitrogens with one attached hydrogen (secondary N) is 1. The van der Waals surface area contributed by atoms with E-state index in [1.165, 1.54) is 11.9 Å². The lowest BCUT2D eigenvalue weighted by atomic mass is 10.3. The van der Waals surface area contributed by atoms with E-state index in [9.17, 15) is 9.59 Å². The molecule has 0 fully saturated rings. The van der Waals surface area contributed by atoms with Crippen molar-refractivity contribution < 1.29 is 19.1 Å². The highest BCUT2D eigenvalue weighted by Gasteiger charge is 2.26. The highest BCUT2D eigenvalue weighted by Crippen LogP contribution is 2.28. The first-order chi connectivity index (χ1) is 8.22. The number of ether oxygens (including phenoxy) is 2. The van der Waals surface area contributed by atoms with Crippen molar-refractivity contribution in [2.24, 2.45) is 0 Å². The molecule has 0 atom stereocenters. The molecule has 2 amide bonds. The number of hydrogen-bond donors (Lipinski definition) is 1. The van der Waals surface area contributed by atoms with Gasteiger partial charge in [-0.2, -0.15) is 0 Å². The first kappa shape index (κ1) is 11.2. The van der Waals surface area contributed by atoms with Crippen molar-refractivity contribution in [1.82, 2.24) is 10.3 Å². The molecule has 0 saturated heterocycles. The maximum absolute atomic E-state index is 11.7. The predicted octanol–water partition coefficient (Wildman–Crippen LogP) is 0.756. The van der Waals surface area contributed by atoms with Crippen molar-refractivity contribution >= 4 is 17.9 Å². The lowest BCUT2D eigenvalue weighted by Gasteiger charge is -2.27. The van der Waals surface area contributed by atoms with Gasteiger partial charge in [0, 0.05) is 13.2 Å². The Morgan fingerprint density at radius 1 is 1.59 bits per heavy atom. The molecule has 1 N–H and O–H groups in total. The number of hydrogen-bond acceptors (Lipinski definition) is 5. The van der Waals surface area contributed by atoms with E-state index in [0.29, 0.717) is 24.7 Å². The van der Waals surface area contributed by atoms with E-state index in [1.807, 2.05) is 0 Å². The van der Waals surface area contributed by atoms with E-state index in [0.717, 1.165) is 0 Å². The molecule has 0 aromatic carbocycles. The van der Waals surface area contributed by atoms with Crippen molar-refractivity contribution in [2.45, 2.75) is 0 Å². The van der Waals surface area contributed by atoms with Crippen LogP contribution in [0.5, 0.6) is 5.88 Å². The highest BCUT2D eigenvalue weighted by atomic mass is 16.6. The molecule has 1 aromatic heterocycles. The second kappa shape index (κ2) is 4.69. The number of carbonyl (C=O) groups is 2. The fourth-order valence-corrected chi connectivity index (χ4v) is 1.43. The standard InChI is InChI=1S/C10H11N3O4/c1-11-9(14)17-10(15)13-5-6-16-8-7(13)3-2-4-12-8/h2-4H,5-6H2,1H3,(H,11,14). The van der Waals surface area contributed by atoms with Crippen LogP contribution in [-0.2, 0) is 4.74 Å². The maximum atomic E-state index is 11.7. The second-order valence-electron chi connectivity index (χ2n) is 3.23. The monoisotopic (exact) mass is 237 g/mol. The molecular weight excluding hydrogens is 226 g/mol. The molecule has 0 radical (unpaired) electrons. The topological polar surface area (TPSA) is 80.8 Å². The molecule has 90 valence electrons. The summed E-state index contributed by atoms with van der Waals surface area (Å²) in [6, 6.07) is 3.35. The molecule has 1 aliphatic rings. The van der Waals surface area contributed by atoms with E-state index < -0.39 is 12.2 Å². The number of pyridine rings is 1. The minimum atomic E-state index is -0.799. The molecule has 0 unspecified atom stereocenters. The van der Waals surface area contributed by atoms with E-state index >= 15 is 0 Å². The summed E-state index contributed by atoms with van der Waals surface area (Å²) < 4.78 is 9.82. The van der Waals surface area contributed by atoms with Crippen LogP contribution in [0, 0.1) is 0 Å². The van der Waals surface area contributed by atoms with E-state index in [-0.39, 0.29) is 0 Å². The average Bonchev–Trinajstić information content (AvgIpc) is 2.37. The molecule has 7 heteroatoms.